The van der Waals surface area contributed by atoms with Gasteiger partial charge in [-0.15, -0.1) is 0 Å². The summed E-state index contributed by atoms with van der Waals surface area (Å²) in [5.74, 6) is 1.93. The first kappa shape index (κ1) is 11.7. The van der Waals surface area contributed by atoms with Crippen LogP contribution in [-0.4, -0.2) is 15.0 Å². The number of aromatic nitrogens is 3. The van der Waals surface area contributed by atoms with Crippen molar-refractivity contribution < 1.29 is 0 Å². The second-order valence-corrected chi connectivity index (χ2v) is 5.63. The van der Waals surface area contributed by atoms with Crippen LogP contribution in [0.2, 0.25) is 0 Å². The summed E-state index contributed by atoms with van der Waals surface area (Å²) in [6.45, 7) is 2.07. The van der Waals surface area contributed by atoms with E-state index in [0.29, 0.717) is 0 Å². The van der Waals surface area contributed by atoms with Crippen LogP contribution in [0.15, 0.2) is 12.3 Å². The molecule has 1 fully saturated rings. The molecule has 1 N–H and O–H groups in total. The summed E-state index contributed by atoms with van der Waals surface area (Å²) in [6, 6.07) is 2.13. The summed E-state index contributed by atoms with van der Waals surface area (Å²) in [5, 5.41) is 0. The smallest absolute Gasteiger partial charge is 0.177 e. The number of nitrogens with one attached hydrogen (secondary N) is 1. The van der Waals surface area contributed by atoms with E-state index < -0.39 is 0 Å². The number of imidazole rings is 1. The van der Waals surface area contributed by atoms with Crippen LogP contribution >= 0.6 is 0 Å². The van der Waals surface area contributed by atoms with Crippen LogP contribution in [0.3, 0.4) is 0 Å². The Kier molecular flexibility index (Phi) is 3.31. The third-order valence-corrected chi connectivity index (χ3v) is 3.98. The molecule has 0 aromatic carbocycles. The molecule has 0 bridgehead atoms. The molecule has 1 aliphatic rings. The van der Waals surface area contributed by atoms with Crippen LogP contribution in [0.5, 0.6) is 0 Å². The molecular weight excluding hydrogens is 222 g/mol. The van der Waals surface area contributed by atoms with Crippen LogP contribution in [0.25, 0.3) is 11.2 Å². The summed E-state index contributed by atoms with van der Waals surface area (Å²) in [5.41, 5.74) is 3.13. The number of fused-ring (bicyclic) bond motifs is 1. The van der Waals surface area contributed by atoms with Crippen LogP contribution in [0.1, 0.15) is 49.9 Å². The summed E-state index contributed by atoms with van der Waals surface area (Å²) in [7, 11) is 0. The van der Waals surface area contributed by atoms with Gasteiger partial charge in [-0.05, 0) is 24.5 Å². The van der Waals surface area contributed by atoms with Crippen LogP contribution < -0.4 is 0 Å². The van der Waals surface area contributed by atoms with Gasteiger partial charge >= 0.3 is 0 Å². The Morgan fingerprint density at radius 2 is 2.00 bits per heavy atom. The highest BCUT2D eigenvalue weighted by molar-refractivity contribution is 5.70. The maximum atomic E-state index is 4.61. The fraction of sp³-hybridized carbons (Fsp3) is 0.600. The zero-order chi connectivity index (χ0) is 12.4. The van der Waals surface area contributed by atoms with E-state index >= 15 is 0 Å². The third-order valence-electron chi connectivity index (χ3n) is 3.98. The SMILES string of the molecule is Cc1cnc2nc(CC3CCCCCC3)[nH]c2c1. The van der Waals surface area contributed by atoms with E-state index in [1.54, 1.807) is 0 Å². The normalized spacial score (nSPS) is 18.1. The molecule has 1 aliphatic carbocycles. The van der Waals surface area contributed by atoms with Gasteiger partial charge in [0.05, 0.1) is 5.52 Å². The van der Waals surface area contributed by atoms with Gasteiger partial charge in [0.25, 0.3) is 0 Å². The largest absolute Gasteiger partial charge is 0.341 e. The number of aromatic amines is 1. The van der Waals surface area contributed by atoms with Crippen molar-refractivity contribution in [3.05, 3.63) is 23.7 Å². The van der Waals surface area contributed by atoms with Crippen LogP contribution in [0.4, 0.5) is 0 Å². The Bertz CT molecular complexity index is 522. The first-order chi connectivity index (χ1) is 8.81. The predicted octanol–water partition coefficient (Wildman–Crippen LogP) is 3.78. The average Bonchev–Trinajstić information content (AvgIpc) is 2.57. The number of nitrogens with zero attached hydrogens (tertiary/aromatic N) is 2. The molecule has 0 aliphatic heterocycles. The van der Waals surface area contributed by atoms with Crippen LogP contribution in [-0.2, 0) is 6.42 Å². The van der Waals surface area contributed by atoms with E-state index in [2.05, 4.69) is 27.9 Å². The average molecular weight is 243 g/mol. The van der Waals surface area contributed by atoms with Gasteiger partial charge in [-0.3, -0.25) is 0 Å². The Morgan fingerprint density at radius 3 is 2.78 bits per heavy atom. The molecule has 18 heavy (non-hydrogen) atoms. The van der Waals surface area contributed by atoms with E-state index in [9.17, 15) is 0 Å². The molecule has 0 atom stereocenters. The maximum absolute atomic E-state index is 4.61. The highest BCUT2D eigenvalue weighted by atomic mass is 15.0. The molecule has 2 aromatic heterocycles. The monoisotopic (exact) mass is 243 g/mol. The first-order valence-electron chi connectivity index (χ1n) is 7.12. The summed E-state index contributed by atoms with van der Waals surface area (Å²) >= 11 is 0. The molecule has 3 heteroatoms. The van der Waals surface area contributed by atoms with Gasteiger partial charge in [0.15, 0.2) is 5.65 Å². The van der Waals surface area contributed by atoms with Crippen molar-refractivity contribution in [3.8, 4) is 0 Å². The Balaban J connectivity index is 1.77. The topological polar surface area (TPSA) is 41.6 Å². The number of aryl methyl sites for hydroxylation is 1. The Hall–Kier alpha value is -1.38. The second-order valence-electron chi connectivity index (χ2n) is 5.63. The molecule has 96 valence electrons. The summed E-state index contributed by atoms with van der Waals surface area (Å²) in [6.07, 6.45) is 11.3. The third kappa shape index (κ3) is 2.55. The zero-order valence-electron chi connectivity index (χ0n) is 11.1. The van der Waals surface area contributed by atoms with E-state index in [-0.39, 0.29) is 0 Å². The van der Waals surface area contributed by atoms with Crippen molar-refractivity contribution in [1.29, 1.82) is 0 Å². The molecule has 0 amide bonds. The number of hydrogen-bond acceptors (Lipinski definition) is 2. The van der Waals surface area contributed by atoms with Crippen LogP contribution in [0, 0.1) is 12.8 Å². The lowest BCUT2D eigenvalue weighted by Crippen LogP contribution is -2.04. The van der Waals surface area contributed by atoms with E-state index in [0.717, 1.165) is 29.3 Å². The molecule has 1 saturated carbocycles. The van der Waals surface area contributed by atoms with Crippen molar-refractivity contribution in [1.82, 2.24) is 15.0 Å². The maximum Gasteiger partial charge on any atom is 0.177 e. The number of H-pyrrole nitrogens is 1. The molecule has 0 spiro atoms. The molecule has 0 radical (unpaired) electrons. The first-order valence-corrected chi connectivity index (χ1v) is 7.12. The molecular formula is C15H21N3. The van der Waals surface area contributed by atoms with Crippen molar-refractivity contribution >= 4 is 11.2 Å². The molecule has 3 nitrogen and oxygen atoms in total. The number of hydrogen-bond donors (Lipinski definition) is 1. The van der Waals surface area contributed by atoms with Gasteiger partial charge < -0.3 is 4.98 Å². The van der Waals surface area contributed by atoms with E-state index in [1.165, 1.54) is 44.1 Å². The highest BCUT2D eigenvalue weighted by Gasteiger charge is 2.15. The molecule has 3 rings (SSSR count). The molecule has 2 heterocycles. The van der Waals surface area contributed by atoms with Gasteiger partial charge in [-0.1, -0.05) is 38.5 Å². The van der Waals surface area contributed by atoms with E-state index in [1.807, 2.05) is 6.20 Å². The van der Waals surface area contributed by atoms with Gasteiger partial charge in [0.2, 0.25) is 0 Å². The lowest BCUT2D eigenvalue weighted by molar-refractivity contribution is 0.450. The predicted molar refractivity (Wildman–Crippen MR) is 73.5 cm³/mol. The highest BCUT2D eigenvalue weighted by Crippen LogP contribution is 2.25. The summed E-state index contributed by atoms with van der Waals surface area (Å²) in [4.78, 5) is 12.4. The Morgan fingerprint density at radius 1 is 1.22 bits per heavy atom. The molecule has 0 unspecified atom stereocenters. The van der Waals surface area contributed by atoms with Gasteiger partial charge in [-0.2, -0.15) is 0 Å². The van der Waals surface area contributed by atoms with Crippen molar-refractivity contribution in [2.75, 3.05) is 0 Å². The van der Waals surface area contributed by atoms with Crippen molar-refractivity contribution in [2.45, 2.75) is 51.9 Å². The second kappa shape index (κ2) is 5.09. The fourth-order valence-corrected chi connectivity index (χ4v) is 2.99. The molecule has 2 aromatic rings. The lowest BCUT2D eigenvalue weighted by atomic mass is 9.96. The lowest BCUT2D eigenvalue weighted by Gasteiger charge is -2.11. The number of rotatable bonds is 2. The fourth-order valence-electron chi connectivity index (χ4n) is 2.99. The molecule has 0 saturated heterocycles. The summed E-state index contributed by atoms with van der Waals surface area (Å²) < 4.78 is 0. The minimum atomic E-state index is 0.814. The minimum absolute atomic E-state index is 0.814. The number of pyridine rings is 1. The van der Waals surface area contributed by atoms with E-state index in [4.69, 9.17) is 0 Å². The van der Waals surface area contributed by atoms with Gasteiger partial charge in [0.1, 0.15) is 5.82 Å². The van der Waals surface area contributed by atoms with Gasteiger partial charge in [-0.25, -0.2) is 9.97 Å². The quantitative estimate of drug-likeness (QED) is 0.815. The van der Waals surface area contributed by atoms with Gasteiger partial charge in [0, 0.05) is 12.6 Å². The van der Waals surface area contributed by atoms with Crippen molar-refractivity contribution in [3.63, 3.8) is 0 Å². The standard InChI is InChI=1S/C15H21N3/c1-11-8-13-15(16-10-11)18-14(17-13)9-12-6-4-2-3-5-7-12/h8,10,12H,2-7,9H2,1H3,(H,16,17,18). The van der Waals surface area contributed by atoms with Crippen molar-refractivity contribution in [2.24, 2.45) is 5.92 Å². The Labute approximate surface area is 108 Å². The zero-order valence-corrected chi connectivity index (χ0v) is 11.1. The minimum Gasteiger partial charge on any atom is -0.341 e.